The van der Waals surface area contributed by atoms with E-state index in [1.165, 1.54) is 11.3 Å². The first kappa shape index (κ1) is 20.0. The average Bonchev–Trinajstić information content (AvgIpc) is 3.35. The van der Waals surface area contributed by atoms with Crippen LogP contribution in [0.1, 0.15) is 40.2 Å². The van der Waals surface area contributed by atoms with Crippen molar-refractivity contribution in [3.63, 3.8) is 0 Å². The minimum absolute atomic E-state index is 0.0454. The molecule has 2 aromatic carbocycles. The molecule has 0 saturated carbocycles. The fraction of sp³-hybridized carbons (Fsp3) is 0.273. The van der Waals surface area contributed by atoms with E-state index in [-0.39, 0.29) is 17.7 Å². The second-order valence-electron chi connectivity index (χ2n) is 7.02. The van der Waals surface area contributed by atoms with Crippen molar-refractivity contribution < 1.29 is 14.3 Å². The van der Waals surface area contributed by atoms with Gasteiger partial charge in [0.15, 0.2) is 0 Å². The Kier molecular flexibility index (Phi) is 5.76. The third-order valence-corrected chi connectivity index (χ3v) is 5.97. The molecule has 0 bridgehead atoms. The molecule has 3 aromatic rings. The highest BCUT2D eigenvalue weighted by Gasteiger charge is 2.34. The number of nitrogens with zero attached hydrogens (tertiary/aromatic N) is 3. The van der Waals surface area contributed by atoms with Crippen molar-refractivity contribution >= 4 is 34.0 Å². The number of ether oxygens (including phenoxy) is 1. The first-order valence-corrected chi connectivity index (χ1v) is 10.6. The summed E-state index contributed by atoms with van der Waals surface area (Å²) in [7, 11) is 0. The lowest BCUT2D eigenvalue weighted by Crippen LogP contribution is -2.25. The molecule has 0 spiro atoms. The van der Waals surface area contributed by atoms with Crippen LogP contribution in [0.15, 0.2) is 48.5 Å². The molecule has 1 aliphatic rings. The Labute approximate surface area is 178 Å². The Bertz CT molecular complexity index is 1080. The number of aromatic nitrogens is 2. The molecule has 2 amide bonds. The Morgan fingerprint density at radius 2 is 1.97 bits per heavy atom. The highest BCUT2D eigenvalue weighted by molar-refractivity contribution is 7.15. The highest BCUT2D eigenvalue weighted by Crippen LogP contribution is 2.35. The first-order valence-electron chi connectivity index (χ1n) is 9.79. The van der Waals surface area contributed by atoms with Crippen molar-refractivity contribution in [1.29, 1.82) is 0 Å². The molecule has 1 fully saturated rings. The standard InChI is InChI=1S/C22H22N4O3S/c1-3-29-18-11-7-5-9-16(18)20(28)23-22-25-24-21(30-22)15-12-19(27)26(13-15)17-10-6-4-8-14(17)2/h4-11,15H,3,12-13H2,1-2H3,(H,23,25,28)/t15-/m1/s1. The zero-order valence-corrected chi connectivity index (χ0v) is 17.6. The zero-order valence-electron chi connectivity index (χ0n) is 16.8. The minimum atomic E-state index is -0.300. The van der Waals surface area contributed by atoms with Gasteiger partial charge in [-0.2, -0.15) is 0 Å². The largest absolute Gasteiger partial charge is 0.493 e. The Morgan fingerprint density at radius 1 is 1.20 bits per heavy atom. The first-order chi connectivity index (χ1) is 14.6. The van der Waals surface area contributed by atoms with E-state index in [9.17, 15) is 9.59 Å². The Morgan fingerprint density at radius 3 is 2.77 bits per heavy atom. The molecule has 2 heterocycles. The van der Waals surface area contributed by atoms with Crippen LogP contribution in [0.4, 0.5) is 10.8 Å². The van der Waals surface area contributed by atoms with Gasteiger partial charge in [0, 0.05) is 24.6 Å². The Balaban J connectivity index is 1.47. The van der Waals surface area contributed by atoms with Crippen molar-refractivity contribution in [3.8, 4) is 5.75 Å². The topological polar surface area (TPSA) is 84.4 Å². The van der Waals surface area contributed by atoms with E-state index in [0.717, 1.165) is 16.3 Å². The number of hydrogen-bond donors (Lipinski definition) is 1. The van der Waals surface area contributed by atoms with Gasteiger partial charge in [-0.15, -0.1) is 10.2 Å². The predicted molar refractivity (Wildman–Crippen MR) is 116 cm³/mol. The lowest BCUT2D eigenvalue weighted by atomic mass is 10.1. The van der Waals surface area contributed by atoms with Gasteiger partial charge in [-0.05, 0) is 37.6 Å². The lowest BCUT2D eigenvalue weighted by molar-refractivity contribution is -0.117. The third kappa shape index (κ3) is 4.04. The van der Waals surface area contributed by atoms with Crippen LogP contribution in [-0.4, -0.2) is 35.2 Å². The van der Waals surface area contributed by atoms with E-state index in [1.54, 1.807) is 23.1 Å². The number of benzene rings is 2. The summed E-state index contributed by atoms with van der Waals surface area (Å²) in [5.41, 5.74) is 2.43. The average molecular weight is 423 g/mol. The van der Waals surface area contributed by atoms with Crippen LogP contribution in [0.3, 0.4) is 0 Å². The fourth-order valence-electron chi connectivity index (χ4n) is 3.52. The van der Waals surface area contributed by atoms with E-state index in [4.69, 9.17) is 4.74 Å². The van der Waals surface area contributed by atoms with Crippen LogP contribution >= 0.6 is 11.3 Å². The number of hydrogen-bond acceptors (Lipinski definition) is 6. The number of para-hydroxylation sites is 2. The molecule has 0 unspecified atom stereocenters. The van der Waals surface area contributed by atoms with Gasteiger partial charge >= 0.3 is 0 Å². The van der Waals surface area contributed by atoms with Gasteiger partial charge in [-0.3, -0.25) is 14.9 Å². The van der Waals surface area contributed by atoms with E-state index in [1.807, 2.05) is 44.2 Å². The van der Waals surface area contributed by atoms with Crippen molar-refractivity contribution in [3.05, 3.63) is 64.7 Å². The number of amides is 2. The third-order valence-electron chi connectivity index (χ3n) is 4.97. The van der Waals surface area contributed by atoms with Gasteiger partial charge in [0.05, 0.1) is 12.2 Å². The fourth-order valence-corrected chi connectivity index (χ4v) is 4.35. The van der Waals surface area contributed by atoms with Crippen LogP contribution < -0.4 is 15.0 Å². The summed E-state index contributed by atoms with van der Waals surface area (Å²) in [5, 5.41) is 12.3. The molecule has 4 rings (SSSR count). The number of nitrogens with one attached hydrogen (secondary N) is 1. The molecule has 30 heavy (non-hydrogen) atoms. The highest BCUT2D eigenvalue weighted by atomic mass is 32.1. The summed E-state index contributed by atoms with van der Waals surface area (Å²) < 4.78 is 5.52. The summed E-state index contributed by atoms with van der Waals surface area (Å²) in [6, 6.07) is 14.9. The quantitative estimate of drug-likeness (QED) is 0.649. The van der Waals surface area contributed by atoms with Crippen molar-refractivity contribution in [1.82, 2.24) is 10.2 Å². The maximum atomic E-state index is 12.7. The van der Waals surface area contributed by atoms with Crippen molar-refractivity contribution in [2.45, 2.75) is 26.2 Å². The van der Waals surface area contributed by atoms with Crippen LogP contribution in [0.25, 0.3) is 0 Å². The summed E-state index contributed by atoms with van der Waals surface area (Å²) in [6.07, 6.45) is 0.379. The summed E-state index contributed by atoms with van der Waals surface area (Å²) in [4.78, 5) is 27.0. The van der Waals surface area contributed by atoms with Crippen LogP contribution in [-0.2, 0) is 4.79 Å². The number of rotatable bonds is 6. The molecule has 0 aliphatic carbocycles. The summed E-state index contributed by atoms with van der Waals surface area (Å²) >= 11 is 1.30. The smallest absolute Gasteiger partial charge is 0.261 e. The maximum absolute atomic E-state index is 12.7. The van der Waals surface area contributed by atoms with Gasteiger partial charge in [0.2, 0.25) is 11.0 Å². The Hall–Kier alpha value is -3.26. The number of carbonyl (C=O) groups excluding carboxylic acids is 2. The van der Waals surface area contributed by atoms with E-state index >= 15 is 0 Å². The van der Waals surface area contributed by atoms with Gasteiger partial charge < -0.3 is 9.64 Å². The normalized spacial score (nSPS) is 16.0. The van der Waals surface area contributed by atoms with Gasteiger partial charge in [-0.25, -0.2) is 0 Å². The molecule has 1 aliphatic heterocycles. The second-order valence-corrected chi connectivity index (χ2v) is 8.03. The van der Waals surface area contributed by atoms with Crippen LogP contribution in [0.5, 0.6) is 5.75 Å². The second kappa shape index (κ2) is 8.62. The molecule has 1 N–H and O–H groups in total. The summed E-state index contributed by atoms with van der Waals surface area (Å²) in [5.74, 6) is 0.250. The van der Waals surface area contributed by atoms with Gasteiger partial charge in [-0.1, -0.05) is 41.7 Å². The van der Waals surface area contributed by atoms with Crippen LogP contribution in [0.2, 0.25) is 0 Å². The van der Waals surface area contributed by atoms with Crippen molar-refractivity contribution in [2.24, 2.45) is 0 Å². The summed E-state index contributed by atoms with van der Waals surface area (Å²) in [6.45, 7) is 4.89. The molecular formula is C22H22N4O3S. The molecule has 1 atom stereocenters. The molecular weight excluding hydrogens is 400 g/mol. The van der Waals surface area contributed by atoms with Crippen LogP contribution in [0, 0.1) is 6.92 Å². The molecule has 8 heteroatoms. The zero-order chi connectivity index (χ0) is 21.1. The monoisotopic (exact) mass is 422 g/mol. The molecule has 1 saturated heterocycles. The van der Waals surface area contributed by atoms with E-state index in [2.05, 4.69) is 15.5 Å². The van der Waals surface area contributed by atoms with Crippen molar-refractivity contribution in [2.75, 3.05) is 23.4 Å². The number of aryl methyl sites for hydroxylation is 1. The predicted octanol–water partition coefficient (Wildman–Crippen LogP) is 4.02. The lowest BCUT2D eigenvalue weighted by Gasteiger charge is -2.18. The SMILES string of the molecule is CCOc1ccccc1C(=O)Nc1nnc([C@@H]2CC(=O)N(c3ccccc3C)C2)s1. The van der Waals surface area contributed by atoms with E-state index < -0.39 is 0 Å². The van der Waals surface area contributed by atoms with Gasteiger partial charge in [0.25, 0.3) is 5.91 Å². The van der Waals surface area contributed by atoms with E-state index in [0.29, 0.717) is 36.0 Å². The molecule has 0 radical (unpaired) electrons. The molecule has 154 valence electrons. The molecule has 7 nitrogen and oxygen atoms in total. The molecule has 1 aromatic heterocycles. The van der Waals surface area contributed by atoms with Gasteiger partial charge in [0.1, 0.15) is 10.8 Å². The minimum Gasteiger partial charge on any atom is -0.493 e. The maximum Gasteiger partial charge on any atom is 0.261 e. The number of anilines is 2. The number of carbonyl (C=O) groups is 2.